The Balaban J connectivity index is 3.23. The number of nitriles is 3. The highest BCUT2D eigenvalue weighted by Crippen LogP contribution is 2.34. The summed E-state index contributed by atoms with van der Waals surface area (Å²) in [5.74, 6) is -0.597. The van der Waals surface area contributed by atoms with Gasteiger partial charge < -0.3 is 10.1 Å². The molecule has 0 atom stereocenters. The largest absolute Gasteiger partial charge is 0.573 e. The standard InChI is InChI=1S/C13H6ClF3N4O/c1-7-2-12(22-13(15,16)17)9(14)3-10(7)21-11(6-20)8(4-18)5-19/h2-3,21H,1H3. The number of anilines is 1. The van der Waals surface area contributed by atoms with Gasteiger partial charge in [0.05, 0.1) is 5.02 Å². The molecular formula is C13H6ClF3N4O. The summed E-state index contributed by atoms with van der Waals surface area (Å²) in [4.78, 5) is 0. The fourth-order valence-electron chi connectivity index (χ4n) is 1.41. The molecule has 0 unspecified atom stereocenters. The van der Waals surface area contributed by atoms with E-state index >= 15 is 0 Å². The van der Waals surface area contributed by atoms with Gasteiger partial charge in [-0.15, -0.1) is 13.2 Å². The van der Waals surface area contributed by atoms with E-state index in [0.29, 0.717) is 0 Å². The average molecular weight is 327 g/mol. The van der Waals surface area contributed by atoms with Gasteiger partial charge in [0.25, 0.3) is 0 Å². The molecule has 0 saturated heterocycles. The molecule has 1 aromatic rings. The average Bonchev–Trinajstić information content (AvgIpc) is 2.42. The van der Waals surface area contributed by atoms with E-state index in [2.05, 4.69) is 10.1 Å². The van der Waals surface area contributed by atoms with Gasteiger partial charge in [0.15, 0.2) is 5.57 Å². The summed E-state index contributed by atoms with van der Waals surface area (Å²) in [5, 5.41) is 28.5. The molecule has 1 rings (SSSR count). The third-order valence-electron chi connectivity index (χ3n) is 2.35. The molecule has 0 fully saturated rings. The number of rotatable bonds is 3. The van der Waals surface area contributed by atoms with Crippen LogP contribution >= 0.6 is 11.6 Å². The van der Waals surface area contributed by atoms with Crippen molar-refractivity contribution in [2.45, 2.75) is 13.3 Å². The first-order valence-corrected chi connectivity index (χ1v) is 5.87. The van der Waals surface area contributed by atoms with Gasteiger partial charge in [0, 0.05) is 5.69 Å². The van der Waals surface area contributed by atoms with E-state index in [9.17, 15) is 13.2 Å². The van der Waals surface area contributed by atoms with E-state index in [1.807, 2.05) is 0 Å². The fourth-order valence-corrected chi connectivity index (χ4v) is 1.61. The lowest BCUT2D eigenvalue weighted by molar-refractivity contribution is -0.274. The number of allylic oxidation sites excluding steroid dienone is 2. The van der Waals surface area contributed by atoms with E-state index in [1.54, 1.807) is 6.07 Å². The second kappa shape index (κ2) is 6.71. The van der Waals surface area contributed by atoms with Crippen LogP contribution in [0.2, 0.25) is 5.02 Å². The first-order chi connectivity index (χ1) is 10.2. The van der Waals surface area contributed by atoms with Crippen LogP contribution in [-0.2, 0) is 0 Å². The first kappa shape index (κ1) is 17.2. The molecule has 0 aliphatic heterocycles. The van der Waals surface area contributed by atoms with Crippen molar-refractivity contribution in [1.82, 2.24) is 0 Å². The van der Waals surface area contributed by atoms with Gasteiger partial charge in [-0.2, -0.15) is 15.8 Å². The predicted octanol–water partition coefficient (Wildman–Crippen LogP) is 3.78. The van der Waals surface area contributed by atoms with Gasteiger partial charge in [-0.25, -0.2) is 0 Å². The number of nitrogens with one attached hydrogen (secondary N) is 1. The highest BCUT2D eigenvalue weighted by molar-refractivity contribution is 6.32. The summed E-state index contributed by atoms with van der Waals surface area (Å²) < 4.78 is 40.3. The van der Waals surface area contributed by atoms with Crippen LogP contribution < -0.4 is 10.1 Å². The molecule has 0 heterocycles. The van der Waals surface area contributed by atoms with Gasteiger partial charge in [0.1, 0.15) is 29.7 Å². The van der Waals surface area contributed by atoms with Crippen molar-refractivity contribution in [2.24, 2.45) is 0 Å². The van der Waals surface area contributed by atoms with E-state index in [-0.39, 0.29) is 22.0 Å². The van der Waals surface area contributed by atoms with Crippen LogP contribution in [0.5, 0.6) is 5.75 Å². The third-order valence-corrected chi connectivity index (χ3v) is 2.65. The van der Waals surface area contributed by atoms with Gasteiger partial charge in [-0.1, -0.05) is 11.6 Å². The zero-order valence-corrected chi connectivity index (χ0v) is 11.7. The minimum Gasteiger partial charge on any atom is -0.404 e. The number of hydrogen-bond acceptors (Lipinski definition) is 5. The normalized spacial score (nSPS) is 9.91. The molecule has 0 saturated carbocycles. The molecular weight excluding hydrogens is 321 g/mol. The first-order valence-electron chi connectivity index (χ1n) is 5.49. The molecule has 112 valence electrons. The summed E-state index contributed by atoms with van der Waals surface area (Å²) in [6.07, 6.45) is -4.89. The van der Waals surface area contributed by atoms with E-state index in [0.717, 1.165) is 12.1 Å². The molecule has 0 amide bonds. The van der Waals surface area contributed by atoms with Crippen LogP contribution in [-0.4, -0.2) is 6.36 Å². The van der Waals surface area contributed by atoms with Crippen molar-refractivity contribution >= 4 is 17.3 Å². The van der Waals surface area contributed by atoms with Crippen molar-refractivity contribution in [3.05, 3.63) is 34.0 Å². The maximum Gasteiger partial charge on any atom is 0.573 e. The minimum atomic E-state index is -4.89. The summed E-state index contributed by atoms with van der Waals surface area (Å²) in [6.45, 7) is 1.44. The summed E-state index contributed by atoms with van der Waals surface area (Å²) in [7, 11) is 0. The van der Waals surface area contributed by atoms with Crippen molar-refractivity contribution in [1.29, 1.82) is 15.8 Å². The van der Waals surface area contributed by atoms with Crippen molar-refractivity contribution in [2.75, 3.05) is 5.32 Å². The lowest BCUT2D eigenvalue weighted by atomic mass is 10.1. The number of benzene rings is 1. The van der Waals surface area contributed by atoms with Crippen molar-refractivity contribution < 1.29 is 17.9 Å². The monoisotopic (exact) mass is 326 g/mol. The van der Waals surface area contributed by atoms with Gasteiger partial charge in [0.2, 0.25) is 0 Å². The maximum atomic E-state index is 12.2. The molecule has 5 nitrogen and oxygen atoms in total. The van der Waals surface area contributed by atoms with Crippen LogP contribution in [0.25, 0.3) is 0 Å². The molecule has 0 aliphatic carbocycles. The topological polar surface area (TPSA) is 92.6 Å². The summed E-state index contributed by atoms with van der Waals surface area (Å²) >= 11 is 5.69. The Morgan fingerprint density at radius 1 is 1.18 bits per heavy atom. The Morgan fingerprint density at radius 3 is 2.23 bits per heavy atom. The molecule has 1 N–H and O–H groups in total. The van der Waals surface area contributed by atoms with Gasteiger partial charge in [-0.05, 0) is 24.6 Å². The lowest BCUT2D eigenvalue weighted by Gasteiger charge is -2.14. The second-order valence-electron chi connectivity index (χ2n) is 3.86. The number of halogens is 4. The summed E-state index contributed by atoms with van der Waals surface area (Å²) in [5.41, 5.74) is -0.368. The quantitative estimate of drug-likeness (QED) is 0.853. The molecule has 0 spiro atoms. The number of nitrogens with zero attached hydrogens (tertiary/aromatic N) is 3. The molecule has 0 aromatic heterocycles. The molecule has 0 aliphatic rings. The lowest BCUT2D eigenvalue weighted by Crippen LogP contribution is -2.17. The van der Waals surface area contributed by atoms with Gasteiger partial charge in [-0.3, -0.25) is 0 Å². The Labute approximate surface area is 128 Å². The molecule has 1 aromatic carbocycles. The molecule has 0 radical (unpaired) electrons. The van der Waals surface area contributed by atoms with Crippen LogP contribution in [0.3, 0.4) is 0 Å². The summed E-state index contributed by atoms with van der Waals surface area (Å²) in [6, 6.07) is 6.79. The van der Waals surface area contributed by atoms with E-state index in [1.165, 1.54) is 19.1 Å². The highest BCUT2D eigenvalue weighted by Gasteiger charge is 2.32. The minimum absolute atomic E-state index is 0.166. The Morgan fingerprint density at radius 2 is 1.77 bits per heavy atom. The Hall–Kier alpha value is -2.89. The third kappa shape index (κ3) is 4.31. The smallest absolute Gasteiger partial charge is 0.404 e. The number of alkyl halides is 3. The van der Waals surface area contributed by atoms with Crippen molar-refractivity contribution in [3.8, 4) is 24.0 Å². The zero-order chi connectivity index (χ0) is 16.9. The van der Waals surface area contributed by atoms with Crippen LogP contribution in [0.4, 0.5) is 18.9 Å². The molecule has 0 bridgehead atoms. The van der Waals surface area contributed by atoms with E-state index < -0.39 is 17.7 Å². The van der Waals surface area contributed by atoms with Crippen LogP contribution in [0, 0.1) is 40.9 Å². The van der Waals surface area contributed by atoms with Crippen LogP contribution in [0.15, 0.2) is 23.4 Å². The van der Waals surface area contributed by atoms with Gasteiger partial charge >= 0.3 is 6.36 Å². The fraction of sp³-hybridized carbons (Fsp3) is 0.154. The molecule has 9 heteroatoms. The number of aryl methyl sites for hydroxylation is 1. The predicted molar refractivity (Wildman–Crippen MR) is 70.4 cm³/mol. The highest BCUT2D eigenvalue weighted by atomic mass is 35.5. The number of ether oxygens (including phenoxy) is 1. The SMILES string of the molecule is Cc1cc(OC(F)(F)F)c(Cl)cc1NC(C#N)=C(C#N)C#N. The van der Waals surface area contributed by atoms with Crippen molar-refractivity contribution in [3.63, 3.8) is 0 Å². The zero-order valence-electron chi connectivity index (χ0n) is 10.9. The maximum absolute atomic E-state index is 12.2. The second-order valence-corrected chi connectivity index (χ2v) is 4.26. The number of hydrogen-bond donors (Lipinski definition) is 1. The van der Waals surface area contributed by atoms with Crippen LogP contribution in [0.1, 0.15) is 5.56 Å². The van der Waals surface area contributed by atoms with E-state index in [4.69, 9.17) is 27.4 Å². The molecule has 22 heavy (non-hydrogen) atoms. The Bertz CT molecular complexity index is 735. The Kier molecular flexibility index (Phi) is 5.23.